The molecule has 2 rings (SSSR count). The SMILES string of the molecule is C=C1CC=C(C(O)c2ccco2)C1=O. The van der Waals surface area contributed by atoms with Gasteiger partial charge in [-0.25, -0.2) is 0 Å². The van der Waals surface area contributed by atoms with Crippen molar-refractivity contribution in [3.63, 3.8) is 0 Å². The average molecular weight is 190 g/mol. The van der Waals surface area contributed by atoms with Crippen molar-refractivity contribution in [2.75, 3.05) is 0 Å². The number of Topliss-reactive ketones (excluding diaryl/α,β-unsaturated/α-hetero) is 1. The second kappa shape index (κ2) is 3.27. The summed E-state index contributed by atoms with van der Waals surface area (Å²) in [5.74, 6) is 0.216. The summed E-state index contributed by atoms with van der Waals surface area (Å²) in [5.41, 5.74) is 0.885. The van der Waals surface area contributed by atoms with Crippen LogP contribution in [0.2, 0.25) is 0 Å². The zero-order chi connectivity index (χ0) is 10.1. The van der Waals surface area contributed by atoms with Crippen LogP contribution < -0.4 is 0 Å². The van der Waals surface area contributed by atoms with Crippen molar-refractivity contribution >= 4 is 5.78 Å². The van der Waals surface area contributed by atoms with Gasteiger partial charge >= 0.3 is 0 Å². The Labute approximate surface area is 81.4 Å². The van der Waals surface area contributed by atoms with Gasteiger partial charge in [-0.2, -0.15) is 0 Å². The highest BCUT2D eigenvalue weighted by Gasteiger charge is 2.27. The molecule has 0 bridgehead atoms. The number of furan rings is 1. The van der Waals surface area contributed by atoms with Crippen LogP contribution in [-0.4, -0.2) is 10.9 Å². The van der Waals surface area contributed by atoms with Crippen LogP contribution >= 0.6 is 0 Å². The highest BCUT2D eigenvalue weighted by Crippen LogP contribution is 2.30. The lowest BCUT2D eigenvalue weighted by Crippen LogP contribution is -2.07. The Morgan fingerprint density at radius 1 is 1.57 bits per heavy atom. The van der Waals surface area contributed by atoms with Crippen molar-refractivity contribution in [2.24, 2.45) is 0 Å². The zero-order valence-electron chi connectivity index (χ0n) is 7.56. The minimum atomic E-state index is -0.961. The molecule has 0 fully saturated rings. The highest BCUT2D eigenvalue weighted by molar-refractivity contribution is 6.11. The van der Waals surface area contributed by atoms with Gasteiger partial charge in [-0.15, -0.1) is 0 Å². The van der Waals surface area contributed by atoms with E-state index in [2.05, 4.69) is 6.58 Å². The van der Waals surface area contributed by atoms with Gasteiger partial charge in [-0.1, -0.05) is 12.7 Å². The van der Waals surface area contributed by atoms with E-state index in [9.17, 15) is 9.90 Å². The van der Waals surface area contributed by atoms with Crippen LogP contribution in [0.15, 0.2) is 46.6 Å². The summed E-state index contributed by atoms with van der Waals surface area (Å²) in [6, 6.07) is 3.31. The molecule has 1 aliphatic rings. The molecule has 3 nitrogen and oxygen atoms in total. The summed E-state index contributed by atoms with van der Waals surface area (Å²) in [6.07, 6.45) is 2.72. The molecular formula is C11H10O3. The van der Waals surface area contributed by atoms with E-state index in [-0.39, 0.29) is 5.78 Å². The van der Waals surface area contributed by atoms with Gasteiger partial charge in [-0.3, -0.25) is 4.79 Å². The zero-order valence-corrected chi connectivity index (χ0v) is 7.56. The summed E-state index contributed by atoms with van der Waals surface area (Å²) in [6.45, 7) is 3.61. The molecule has 1 heterocycles. The smallest absolute Gasteiger partial charge is 0.187 e. The van der Waals surface area contributed by atoms with E-state index in [0.717, 1.165) is 0 Å². The van der Waals surface area contributed by atoms with Crippen LogP contribution in [0.1, 0.15) is 18.3 Å². The van der Waals surface area contributed by atoms with E-state index in [1.165, 1.54) is 6.26 Å². The van der Waals surface area contributed by atoms with E-state index in [1.54, 1.807) is 18.2 Å². The van der Waals surface area contributed by atoms with Gasteiger partial charge in [0.05, 0.1) is 6.26 Å². The maximum atomic E-state index is 11.5. The highest BCUT2D eigenvalue weighted by atomic mass is 16.4. The molecule has 0 radical (unpaired) electrons. The van der Waals surface area contributed by atoms with E-state index in [4.69, 9.17) is 4.42 Å². The quantitative estimate of drug-likeness (QED) is 0.723. The largest absolute Gasteiger partial charge is 0.466 e. The summed E-state index contributed by atoms with van der Waals surface area (Å²) >= 11 is 0. The third-order valence-corrected chi connectivity index (χ3v) is 2.26. The van der Waals surface area contributed by atoms with Crippen molar-refractivity contribution in [1.29, 1.82) is 0 Å². The van der Waals surface area contributed by atoms with Crippen LogP contribution in [0.3, 0.4) is 0 Å². The number of carbonyl (C=O) groups is 1. The molecule has 0 aliphatic heterocycles. The Morgan fingerprint density at radius 3 is 2.86 bits per heavy atom. The fraction of sp³-hybridized carbons (Fsp3) is 0.182. The normalized spacial score (nSPS) is 18.5. The first-order valence-electron chi connectivity index (χ1n) is 4.34. The van der Waals surface area contributed by atoms with Gasteiger partial charge in [0, 0.05) is 5.57 Å². The maximum absolute atomic E-state index is 11.5. The van der Waals surface area contributed by atoms with Gasteiger partial charge in [0.15, 0.2) is 5.78 Å². The molecule has 0 saturated heterocycles. The number of aliphatic hydroxyl groups is 1. The first-order chi connectivity index (χ1) is 6.70. The average Bonchev–Trinajstić information content (AvgIpc) is 2.77. The number of ketones is 1. The molecule has 0 amide bonds. The van der Waals surface area contributed by atoms with Crippen molar-refractivity contribution in [2.45, 2.75) is 12.5 Å². The molecule has 1 aromatic rings. The van der Waals surface area contributed by atoms with Crippen molar-refractivity contribution in [1.82, 2.24) is 0 Å². The molecule has 1 unspecified atom stereocenters. The topological polar surface area (TPSA) is 50.4 Å². The standard InChI is InChI=1S/C11H10O3/c1-7-4-5-8(10(7)12)11(13)9-3-2-6-14-9/h2-3,5-6,11,13H,1,4H2. The van der Waals surface area contributed by atoms with Crippen LogP contribution in [0.4, 0.5) is 0 Å². The van der Waals surface area contributed by atoms with Gasteiger partial charge < -0.3 is 9.52 Å². The van der Waals surface area contributed by atoms with Crippen LogP contribution in [0.5, 0.6) is 0 Å². The lowest BCUT2D eigenvalue weighted by atomic mass is 10.1. The molecule has 14 heavy (non-hydrogen) atoms. The first kappa shape index (κ1) is 8.97. The summed E-state index contributed by atoms with van der Waals surface area (Å²) in [4.78, 5) is 11.5. The molecule has 0 aromatic carbocycles. The summed E-state index contributed by atoms with van der Waals surface area (Å²) in [5, 5.41) is 9.77. The third kappa shape index (κ3) is 1.32. The number of carbonyl (C=O) groups excluding carboxylic acids is 1. The molecule has 3 heteroatoms. The van der Waals surface area contributed by atoms with Gasteiger partial charge in [0.25, 0.3) is 0 Å². The van der Waals surface area contributed by atoms with Crippen molar-refractivity contribution in [3.05, 3.63) is 48.0 Å². The second-order valence-electron chi connectivity index (χ2n) is 3.21. The van der Waals surface area contributed by atoms with E-state index in [0.29, 0.717) is 23.3 Å². The van der Waals surface area contributed by atoms with Gasteiger partial charge in [0.1, 0.15) is 11.9 Å². The third-order valence-electron chi connectivity index (χ3n) is 2.26. The van der Waals surface area contributed by atoms with Gasteiger partial charge in [-0.05, 0) is 24.1 Å². The molecule has 1 aromatic heterocycles. The Kier molecular flexibility index (Phi) is 2.09. The minimum absolute atomic E-state index is 0.172. The lowest BCUT2D eigenvalue weighted by Gasteiger charge is -2.07. The number of aliphatic hydroxyl groups excluding tert-OH is 1. The van der Waals surface area contributed by atoms with E-state index < -0.39 is 6.10 Å². The predicted octanol–water partition coefficient (Wildman–Crippen LogP) is 1.77. The molecule has 1 atom stereocenters. The molecule has 1 aliphatic carbocycles. The molecule has 0 spiro atoms. The fourth-order valence-corrected chi connectivity index (χ4v) is 1.46. The Balaban J connectivity index is 2.25. The summed E-state index contributed by atoms with van der Waals surface area (Å²) in [7, 11) is 0. The first-order valence-corrected chi connectivity index (χ1v) is 4.34. The van der Waals surface area contributed by atoms with Gasteiger partial charge in [0.2, 0.25) is 0 Å². The summed E-state index contributed by atoms with van der Waals surface area (Å²) < 4.78 is 5.02. The molecular weight excluding hydrogens is 180 g/mol. The molecule has 0 saturated carbocycles. The van der Waals surface area contributed by atoms with E-state index in [1.807, 2.05) is 0 Å². The van der Waals surface area contributed by atoms with E-state index >= 15 is 0 Å². The lowest BCUT2D eigenvalue weighted by molar-refractivity contribution is -0.112. The minimum Gasteiger partial charge on any atom is -0.466 e. The van der Waals surface area contributed by atoms with Crippen LogP contribution in [0.25, 0.3) is 0 Å². The predicted molar refractivity (Wildman–Crippen MR) is 50.5 cm³/mol. The van der Waals surface area contributed by atoms with Crippen LogP contribution in [0, 0.1) is 0 Å². The number of rotatable bonds is 2. The Bertz CT molecular complexity index is 398. The van der Waals surface area contributed by atoms with Crippen LogP contribution in [-0.2, 0) is 4.79 Å². The second-order valence-corrected chi connectivity index (χ2v) is 3.21. The number of allylic oxidation sites excluding steroid dienone is 2. The van der Waals surface area contributed by atoms with Crippen molar-refractivity contribution < 1.29 is 14.3 Å². The maximum Gasteiger partial charge on any atom is 0.187 e. The number of hydrogen-bond donors (Lipinski definition) is 1. The molecule has 72 valence electrons. The fourth-order valence-electron chi connectivity index (χ4n) is 1.46. The number of hydrogen-bond acceptors (Lipinski definition) is 3. The Hall–Kier alpha value is -1.61. The van der Waals surface area contributed by atoms with Crippen molar-refractivity contribution in [3.8, 4) is 0 Å². The monoisotopic (exact) mass is 190 g/mol. The molecule has 1 N–H and O–H groups in total. The Morgan fingerprint density at radius 2 is 2.36 bits per heavy atom.